The van der Waals surface area contributed by atoms with Gasteiger partial charge in [0.25, 0.3) is 0 Å². The van der Waals surface area contributed by atoms with E-state index in [-0.39, 0.29) is 5.75 Å². The number of aliphatic carboxylic acids is 1. The maximum Gasteiger partial charge on any atom is 0.313 e. The largest absolute Gasteiger partial charge is 0.484 e. The van der Waals surface area contributed by atoms with Crippen molar-refractivity contribution < 1.29 is 14.6 Å². The van der Waals surface area contributed by atoms with Gasteiger partial charge in [0.2, 0.25) is 0 Å². The predicted octanol–water partition coefficient (Wildman–Crippen LogP) is 2.71. The molecule has 0 aliphatic rings. The third-order valence-corrected chi connectivity index (χ3v) is 3.55. The first kappa shape index (κ1) is 11.4. The fraction of sp³-hybridized carbons (Fsp3) is 0.444. The number of thiophene rings is 1. The Balaban J connectivity index is 2.38. The number of hydrogen-bond donors (Lipinski definition) is 1. The van der Waals surface area contributed by atoms with Crippen LogP contribution in [0, 0.1) is 0 Å². The van der Waals surface area contributed by atoms with Gasteiger partial charge in [-0.3, -0.25) is 4.79 Å². The maximum atomic E-state index is 10.3. The van der Waals surface area contributed by atoms with E-state index >= 15 is 0 Å². The molecule has 1 rings (SSSR count). The quantitative estimate of drug-likeness (QED) is 0.766. The minimum atomic E-state index is -0.792. The number of ether oxygens (including phenoxy) is 1. The zero-order valence-corrected chi connectivity index (χ0v) is 9.49. The van der Waals surface area contributed by atoms with Crippen molar-refractivity contribution in [3.8, 4) is 5.06 Å². The highest BCUT2D eigenvalue weighted by Crippen LogP contribution is 2.32. The van der Waals surface area contributed by atoms with Crippen LogP contribution in [0.5, 0.6) is 5.06 Å². The molecule has 0 atom stereocenters. The molecule has 3 nitrogen and oxygen atoms in total. The highest BCUT2D eigenvalue weighted by atomic mass is 32.2. The van der Waals surface area contributed by atoms with Gasteiger partial charge >= 0.3 is 5.97 Å². The summed E-state index contributed by atoms with van der Waals surface area (Å²) in [6.07, 6.45) is 0.982. The summed E-state index contributed by atoms with van der Waals surface area (Å²) >= 11 is 2.81. The molecule has 0 spiro atoms. The van der Waals surface area contributed by atoms with E-state index in [1.165, 1.54) is 23.1 Å². The van der Waals surface area contributed by atoms with E-state index in [0.717, 1.165) is 15.7 Å². The SMILES string of the molecule is CCCOc1ccc(SCC(=O)O)s1. The first-order valence-corrected chi connectivity index (χ1v) is 6.10. The highest BCUT2D eigenvalue weighted by Gasteiger charge is 2.03. The second-order valence-corrected chi connectivity index (χ2v) is 4.93. The molecule has 0 radical (unpaired) electrons. The summed E-state index contributed by atoms with van der Waals surface area (Å²) in [7, 11) is 0. The fourth-order valence-electron chi connectivity index (χ4n) is 0.794. The lowest BCUT2D eigenvalue weighted by Gasteiger charge is -1.98. The molecule has 1 heterocycles. The van der Waals surface area contributed by atoms with Gasteiger partial charge in [-0.05, 0) is 18.6 Å². The second kappa shape index (κ2) is 5.93. The Morgan fingerprint density at radius 1 is 1.64 bits per heavy atom. The van der Waals surface area contributed by atoms with Gasteiger partial charge in [0.1, 0.15) is 0 Å². The van der Waals surface area contributed by atoms with Gasteiger partial charge in [-0.15, -0.1) is 11.8 Å². The highest BCUT2D eigenvalue weighted by molar-refractivity contribution is 8.01. The summed E-state index contributed by atoms with van der Waals surface area (Å²) in [6, 6.07) is 3.77. The summed E-state index contributed by atoms with van der Waals surface area (Å²) in [6.45, 7) is 2.76. The van der Waals surface area contributed by atoms with E-state index in [4.69, 9.17) is 9.84 Å². The lowest BCUT2D eigenvalue weighted by atomic mass is 10.5. The molecule has 0 fully saturated rings. The molecule has 0 saturated carbocycles. The molecule has 1 aromatic heterocycles. The summed E-state index contributed by atoms with van der Waals surface area (Å²) in [5.41, 5.74) is 0. The maximum absolute atomic E-state index is 10.3. The molecule has 0 aliphatic heterocycles. The summed E-state index contributed by atoms with van der Waals surface area (Å²) in [5.74, 6) is -0.687. The van der Waals surface area contributed by atoms with Crippen LogP contribution >= 0.6 is 23.1 Å². The molecule has 78 valence electrons. The smallest absolute Gasteiger partial charge is 0.313 e. The van der Waals surface area contributed by atoms with E-state index in [9.17, 15) is 4.79 Å². The van der Waals surface area contributed by atoms with Crippen LogP contribution < -0.4 is 4.74 Å². The van der Waals surface area contributed by atoms with Gasteiger partial charge in [-0.1, -0.05) is 18.3 Å². The number of hydrogen-bond acceptors (Lipinski definition) is 4. The Hall–Kier alpha value is -0.680. The molecular formula is C9H12O3S2. The average molecular weight is 232 g/mol. The van der Waals surface area contributed by atoms with Crippen molar-refractivity contribution in [3.63, 3.8) is 0 Å². The molecule has 0 unspecified atom stereocenters. The first-order valence-electron chi connectivity index (χ1n) is 4.29. The molecule has 0 bridgehead atoms. The van der Waals surface area contributed by atoms with Gasteiger partial charge in [0.05, 0.1) is 16.6 Å². The van der Waals surface area contributed by atoms with E-state index in [1.54, 1.807) is 0 Å². The third kappa shape index (κ3) is 4.02. The minimum absolute atomic E-state index is 0.105. The molecule has 0 aliphatic carbocycles. The average Bonchev–Trinajstić information content (AvgIpc) is 2.59. The number of thioether (sulfide) groups is 1. The van der Waals surface area contributed by atoms with Crippen LogP contribution in [0.1, 0.15) is 13.3 Å². The summed E-state index contributed by atoms with van der Waals surface area (Å²) in [4.78, 5) is 10.3. The fourth-order valence-corrected chi connectivity index (χ4v) is 2.50. The van der Waals surface area contributed by atoms with Crippen molar-refractivity contribution in [2.75, 3.05) is 12.4 Å². The van der Waals surface area contributed by atoms with Crippen LogP contribution in [0.3, 0.4) is 0 Å². The monoisotopic (exact) mass is 232 g/mol. The Labute approximate surface area is 91.1 Å². The molecule has 0 amide bonds. The van der Waals surface area contributed by atoms with Crippen LogP contribution in [0.25, 0.3) is 0 Å². The Morgan fingerprint density at radius 3 is 3.07 bits per heavy atom. The predicted molar refractivity (Wildman–Crippen MR) is 58.5 cm³/mol. The van der Waals surface area contributed by atoms with E-state index in [1.807, 2.05) is 19.1 Å². The molecule has 1 aromatic rings. The number of rotatable bonds is 6. The minimum Gasteiger partial charge on any atom is -0.484 e. The van der Waals surface area contributed by atoms with Crippen LogP contribution in [0.2, 0.25) is 0 Å². The van der Waals surface area contributed by atoms with Gasteiger partial charge in [0.15, 0.2) is 5.06 Å². The van der Waals surface area contributed by atoms with Crippen molar-refractivity contribution in [1.29, 1.82) is 0 Å². The van der Waals surface area contributed by atoms with Gasteiger partial charge in [0, 0.05) is 0 Å². The van der Waals surface area contributed by atoms with Crippen molar-refractivity contribution >= 4 is 29.1 Å². The van der Waals surface area contributed by atoms with Crippen LogP contribution in [-0.4, -0.2) is 23.4 Å². The Bertz CT molecular complexity index is 296. The number of carboxylic acids is 1. The molecule has 14 heavy (non-hydrogen) atoms. The summed E-state index contributed by atoms with van der Waals surface area (Å²) < 4.78 is 6.39. The molecule has 1 N–H and O–H groups in total. The molecular weight excluding hydrogens is 220 g/mol. The van der Waals surface area contributed by atoms with Gasteiger partial charge < -0.3 is 9.84 Å². The normalized spacial score (nSPS) is 10.1. The first-order chi connectivity index (χ1) is 6.72. The van der Waals surface area contributed by atoms with E-state index < -0.39 is 5.97 Å². The van der Waals surface area contributed by atoms with Crippen molar-refractivity contribution in [2.24, 2.45) is 0 Å². The Kier molecular flexibility index (Phi) is 4.82. The van der Waals surface area contributed by atoms with Crippen LogP contribution in [0.15, 0.2) is 16.3 Å². The van der Waals surface area contributed by atoms with Crippen molar-refractivity contribution in [3.05, 3.63) is 12.1 Å². The molecule has 0 aromatic carbocycles. The standard InChI is InChI=1S/C9H12O3S2/c1-2-5-12-8-3-4-9(14-8)13-6-7(10)11/h3-4H,2,5-6H2,1H3,(H,10,11). The van der Waals surface area contributed by atoms with Gasteiger partial charge in [-0.25, -0.2) is 0 Å². The zero-order chi connectivity index (χ0) is 10.4. The van der Waals surface area contributed by atoms with Gasteiger partial charge in [-0.2, -0.15) is 0 Å². The van der Waals surface area contributed by atoms with E-state index in [2.05, 4.69) is 0 Å². The Morgan fingerprint density at radius 2 is 2.43 bits per heavy atom. The topological polar surface area (TPSA) is 46.5 Å². The second-order valence-electron chi connectivity index (χ2n) is 2.60. The number of carboxylic acid groups (broad SMARTS) is 1. The zero-order valence-electron chi connectivity index (χ0n) is 7.86. The number of carbonyl (C=O) groups is 1. The van der Waals surface area contributed by atoms with Crippen LogP contribution in [0.4, 0.5) is 0 Å². The van der Waals surface area contributed by atoms with E-state index in [0.29, 0.717) is 6.61 Å². The lowest BCUT2D eigenvalue weighted by Crippen LogP contribution is -1.96. The lowest BCUT2D eigenvalue weighted by molar-refractivity contribution is -0.133. The van der Waals surface area contributed by atoms with Crippen molar-refractivity contribution in [2.45, 2.75) is 17.6 Å². The molecule has 5 heteroatoms. The summed E-state index contributed by atoms with van der Waals surface area (Å²) in [5, 5.41) is 9.34. The molecule has 0 saturated heterocycles. The third-order valence-electron chi connectivity index (χ3n) is 1.34. The van der Waals surface area contributed by atoms with Crippen LogP contribution in [-0.2, 0) is 4.79 Å². The van der Waals surface area contributed by atoms with Crippen molar-refractivity contribution in [1.82, 2.24) is 0 Å².